The minimum absolute atomic E-state index is 0.140. The van der Waals surface area contributed by atoms with E-state index in [-0.39, 0.29) is 12.3 Å². The van der Waals surface area contributed by atoms with E-state index in [9.17, 15) is 4.79 Å². The van der Waals surface area contributed by atoms with E-state index in [2.05, 4.69) is 10.4 Å². The van der Waals surface area contributed by atoms with Crippen molar-refractivity contribution < 1.29 is 4.74 Å². The van der Waals surface area contributed by atoms with Crippen LogP contribution in [0, 0.1) is 6.92 Å². The predicted octanol–water partition coefficient (Wildman–Crippen LogP) is 3.16. The summed E-state index contributed by atoms with van der Waals surface area (Å²) in [5, 5.41) is 8.54. The molecule has 24 heavy (non-hydrogen) atoms. The number of hydrogen-bond donors (Lipinski definition) is 0. The SMILES string of the molecule is Cc1ccc(Cl)c(OCc2c(Cl)cccc2-n2nnn(C)c2=O)c1. The van der Waals surface area contributed by atoms with Crippen LogP contribution < -0.4 is 10.4 Å². The van der Waals surface area contributed by atoms with E-state index >= 15 is 0 Å². The van der Waals surface area contributed by atoms with Gasteiger partial charge in [0.05, 0.1) is 10.7 Å². The molecule has 0 unspecified atom stereocenters. The lowest BCUT2D eigenvalue weighted by atomic mass is 10.2. The summed E-state index contributed by atoms with van der Waals surface area (Å²) in [6, 6.07) is 10.7. The molecule has 3 aromatic rings. The van der Waals surface area contributed by atoms with Crippen molar-refractivity contribution in [1.29, 1.82) is 0 Å². The molecule has 0 fully saturated rings. The van der Waals surface area contributed by atoms with Crippen molar-refractivity contribution in [2.75, 3.05) is 0 Å². The third-order valence-corrected chi connectivity index (χ3v) is 4.17. The molecule has 0 atom stereocenters. The van der Waals surface area contributed by atoms with Gasteiger partial charge < -0.3 is 4.74 Å². The number of aryl methyl sites for hydroxylation is 2. The number of ether oxygens (including phenoxy) is 1. The average Bonchev–Trinajstić information content (AvgIpc) is 2.88. The van der Waals surface area contributed by atoms with Gasteiger partial charge in [-0.05, 0) is 47.2 Å². The van der Waals surface area contributed by atoms with Crippen LogP contribution in [0.25, 0.3) is 5.69 Å². The minimum Gasteiger partial charge on any atom is -0.487 e. The predicted molar refractivity (Wildman–Crippen MR) is 92.1 cm³/mol. The maximum atomic E-state index is 12.1. The average molecular weight is 365 g/mol. The Morgan fingerprint density at radius 3 is 2.62 bits per heavy atom. The Balaban J connectivity index is 1.98. The molecule has 2 aromatic carbocycles. The molecular formula is C16H14Cl2N4O2. The van der Waals surface area contributed by atoms with Crippen LogP contribution in [0.15, 0.2) is 41.2 Å². The molecular weight excluding hydrogens is 351 g/mol. The van der Waals surface area contributed by atoms with Crippen LogP contribution in [-0.4, -0.2) is 19.8 Å². The van der Waals surface area contributed by atoms with Crippen molar-refractivity contribution in [3.05, 3.63) is 68.1 Å². The van der Waals surface area contributed by atoms with Crippen LogP contribution in [0.5, 0.6) is 5.75 Å². The molecule has 0 N–H and O–H groups in total. The Labute approximate surface area is 148 Å². The zero-order valence-corrected chi connectivity index (χ0v) is 14.5. The molecule has 0 bridgehead atoms. The van der Waals surface area contributed by atoms with Gasteiger partial charge in [0.15, 0.2) is 0 Å². The molecule has 0 aliphatic heterocycles. The van der Waals surface area contributed by atoms with Crippen LogP contribution in [-0.2, 0) is 13.7 Å². The Bertz CT molecular complexity index is 949. The molecule has 0 amide bonds. The van der Waals surface area contributed by atoms with E-state index < -0.39 is 0 Å². The van der Waals surface area contributed by atoms with Crippen LogP contribution in [0.3, 0.4) is 0 Å². The highest BCUT2D eigenvalue weighted by Gasteiger charge is 2.15. The number of nitrogens with zero attached hydrogens (tertiary/aromatic N) is 4. The fourth-order valence-electron chi connectivity index (χ4n) is 2.22. The molecule has 1 aromatic heterocycles. The normalized spacial score (nSPS) is 10.8. The van der Waals surface area contributed by atoms with Crippen molar-refractivity contribution in [2.24, 2.45) is 7.05 Å². The highest BCUT2D eigenvalue weighted by atomic mass is 35.5. The molecule has 0 aliphatic rings. The van der Waals surface area contributed by atoms with Gasteiger partial charge in [-0.3, -0.25) is 0 Å². The summed E-state index contributed by atoms with van der Waals surface area (Å²) in [5.41, 5.74) is 1.80. The zero-order chi connectivity index (χ0) is 17.3. The van der Waals surface area contributed by atoms with Gasteiger partial charge in [0.25, 0.3) is 0 Å². The largest absolute Gasteiger partial charge is 0.487 e. The van der Waals surface area contributed by atoms with Crippen LogP contribution in [0.2, 0.25) is 10.0 Å². The lowest BCUT2D eigenvalue weighted by Crippen LogP contribution is -2.23. The third kappa shape index (κ3) is 3.16. The van der Waals surface area contributed by atoms with E-state index in [0.29, 0.717) is 27.0 Å². The van der Waals surface area contributed by atoms with Gasteiger partial charge in [-0.2, -0.15) is 9.36 Å². The monoisotopic (exact) mass is 364 g/mol. The summed E-state index contributed by atoms with van der Waals surface area (Å²) in [7, 11) is 1.53. The van der Waals surface area contributed by atoms with Gasteiger partial charge in [0.2, 0.25) is 0 Å². The molecule has 6 nitrogen and oxygen atoms in total. The molecule has 3 rings (SSSR count). The van der Waals surface area contributed by atoms with Crippen LogP contribution in [0.1, 0.15) is 11.1 Å². The first kappa shape index (κ1) is 16.5. The number of rotatable bonds is 4. The van der Waals surface area contributed by atoms with Crippen molar-refractivity contribution in [1.82, 2.24) is 19.8 Å². The maximum absolute atomic E-state index is 12.1. The van der Waals surface area contributed by atoms with Gasteiger partial charge in [0.1, 0.15) is 12.4 Å². The fourth-order valence-corrected chi connectivity index (χ4v) is 2.62. The third-order valence-electron chi connectivity index (χ3n) is 3.50. The second-order valence-corrected chi connectivity index (χ2v) is 6.07. The zero-order valence-electron chi connectivity index (χ0n) is 13.0. The summed E-state index contributed by atoms with van der Waals surface area (Å²) in [6.07, 6.45) is 0. The van der Waals surface area contributed by atoms with E-state index in [1.54, 1.807) is 24.3 Å². The highest BCUT2D eigenvalue weighted by molar-refractivity contribution is 6.32. The van der Waals surface area contributed by atoms with Crippen molar-refractivity contribution in [3.8, 4) is 11.4 Å². The van der Waals surface area contributed by atoms with Crippen LogP contribution >= 0.6 is 23.2 Å². The standard InChI is InChI=1S/C16H14Cl2N4O2/c1-10-6-7-13(18)15(8-10)24-9-11-12(17)4-3-5-14(11)22-16(23)21(2)19-20-22/h3-8H,9H2,1-2H3. The van der Waals surface area contributed by atoms with Crippen molar-refractivity contribution >= 4 is 23.2 Å². The smallest absolute Gasteiger partial charge is 0.368 e. The maximum Gasteiger partial charge on any atom is 0.368 e. The van der Waals surface area contributed by atoms with E-state index in [0.717, 1.165) is 10.2 Å². The number of halogens is 2. The van der Waals surface area contributed by atoms with Crippen LogP contribution in [0.4, 0.5) is 0 Å². The molecule has 0 spiro atoms. The lowest BCUT2D eigenvalue weighted by Gasteiger charge is -2.13. The van der Waals surface area contributed by atoms with E-state index in [1.807, 2.05) is 19.1 Å². The molecule has 0 saturated heterocycles. The molecule has 0 saturated carbocycles. The molecule has 0 radical (unpaired) electrons. The lowest BCUT2D eigenvalue weighted by molar-refractivity contribution is 0.305. The number of benzene rings is 2. The molecule has 0 aliphatic carbocycles. The van der Waals surface area contributed by atoms with Gasteiger partial charge in [0, 0.05) is 17.6 Å². The summed E-state index contributed by atoms with van der Waals surface area (Å²) in [5.74, 6) is 0.550. The Morgan fingerprint density at radius 2 is 1.92 bits per heavy atom. The number of tetrazole rings is 1. The summed E-state index contributed by atoms with van der Waals surface area (Å²) >= 11 is 12.4. The van der Waals surface area contributed by atoms with Gasteiger partial charge in [-0.1, -0.05) is 35.3 Å². The first-order chi connectivity index (χ1) is 11.5. The molecule has 124 valence electrons. The van der Waals surface area contributed by atoms with Gasteiger partial charge in [-0.25, -0.2) is 4.79 Å². The second kappa shape index (κ2) is 6.67. The minimum atomic E-state index is -0.368. The quantitative estimate of drug-likeness (QED) is 0.713. The number of hydrogen-bond acceptors (Lipinski definition) is 4. The number of aromatic nitrogens is 4. The second-order valence-electron chi connectivity index (χ2n) is 5.26. The Hall–Kier alpha value is -2.31. The summed E-state index contributed by atoms with van der Waals surface area (Å²) < 4.78 is 8.13. The Morgan fingerprint density at radius 1 is 1.12 bits per heavy atom. The van der Waals surface area contributed by atoms with E-state index in [1.165, 1.54) is 11.7 Å². The van der Waals surface area contributed by atoms with Crippen molar-refractivity contribution in [3.63, 3.8) is 0 Å². The topological polar surface area (TPSA) is 61.9 Å². The molecule has 8 heteroatoms. The highest BCUT2D eigenvalue weighted by Crippen LogP contribution is 2.28. The first-order valence-corrected chi connectivity index (χ1v) is 7.88. The van der Waals surface area contributed by atoms with Gasteiger partial charge in [-0.15, -0.1) is 0 Å². The van der Waals surface area contributed by atoms with Crippen molar-refractivity contribution in [2.45, 2.75) is 13.5 Å². The first-order valence-electron chi connectivity index (χ1n) is 7.13. The van der Waals surface area contributed by atoms with E-state index in [4.69, 9.17) is 27.9 Å². The fraction of sp³-hybridized carbons (Fsp3) is 0.188. The Kier molecular flexibility index (Phi) is 4.59. The molecule has 1 heterocycles. The summed E-state index contributed by atoms with van der Waals surface area (Å²) in [6.45, 7) is 2.09. The summed E-state index contributed by atoms with van der Waals surface area (Å²) in [4.78, 5) is 12.1. The van der Waals surface area contributed by atoms with Gasteiger partial charge >= 0.3 is 5.69 Å².